The number of ether oxygens (including phenoxy) is 1. The van der Waals surface area contributed by atoms with E-state index in [2.05, 4.69) is 18.3 Å². The fraction of sp³-hybridized carbons (Fsp3) is 0.312. The summed E-state index contributed by atoms with van der Waals surface area (Å²) in [6.45, 7) is 3.57. The van der Waals surface area contributed by atoms with E-state index in [1.54, 1.807) is 0 Å². The summed E-state index contributed by atoms with van der Waals surface area (Å²) < 4.78 is 5.71. The molecule has 0 radical (unpaired) electrons. The minimum absolute atomic E-state index is 0.610. The predicted octanol–water partition coefficient (Wildman–Crippen LogP) is 2.95. The third-order valence-corrected chi connectivity index (χ3v) is 3.08. The lowest BCUT2D eigenvalue weighted by molar-refractivity contribution is 0.111. The van der Waals surface area contributed by atoms with E-state index in [1.807, 2.05) is 31.3 Å². The van der Waals surface area contributed by atoms with Crippen LogP contribution in [0.1, 0.15) is 22.3 Å². The van der Waals surface area contributed by atoms with E-state index in [1.165, 1.54) is 5.56 Å². The fourth-order valence-electron chi connectivity index (χ4n) is 2.06. The Hall–Kier alpha value is -1.87. The summed E-state index contributed by atoms with van der Waals surface area (Å²) in [5, 5.41) is 5.24. The molecular weight excluding hydrogens is 238 g/mol. The summed E-state index contributed by atoms with van der Waals surface area (Å²) in [7, 11) is 1.91. The van der Waals surface area contributed by atoms with Crippen LogP contribution in [0.25, 0.3) is 10.8 Å². The number of aldehydes is 1. The standard InChI is InChI=1S/C16H19NO2/c1-12-4-5-13-9-15(11-18)16(10-14(13)8-12)19-7-3-6-17-2/h4-5,8-11,17H,3,6-7H2,1-2H3. The van der Waals surface area contributed by atoms with Crippen molar-refractivity contribution < 1.29 is 9.53 Å². The summed E-state index contributed by atoms with van der Waals surface area (Å²) >= 11 is 0. The molecule has 1 N–H and O–H groups in total. The average molecular weight is 257 g/mol. The van der Waals surface area contributed by atoms with Crippen molar-refractivity contribution in [3.63, 3.8) is 0 Å². The van der Waals surface area contributed by atoms with Gasteiger partial charge in [0.2, 0.25) is 0 Å². The number of carbonyl (C=O) groups is 1. The van der Waals surface area contributed by atoms with Gasteiger partial charge in [-0.3, -0.25) is 4.79 Å². The first-order valence-electron chi connectivity index (χ1n) is 6.51. The smallest absolute Gasteiger partial charge is 0.153 e. The van der Waals surface area contributed by atoms with Gasteiger partial charge >= 0.3 is 0 Å². The third-order valence-electron chi connectivity index (χ3n) is 3.08. The molecule has 0 atom stereocenters. The van der Waals surface area contributed by atoms with E-state index in [-0.39, 0.29) is 0 Å². The maximum Gasteiger partial charge on any atom is 0.153 e. The Bertz CT molecular complexity index is 578. The van der Waals surface area contributed by atoms with Crippen LogP contribution in [0.3, 0.4) is 0 Å². The Balaban J connectivity index is 2.27. The Labute approximate surface area is 113 Å². The van der Waals surface area contributed by atoms with Crippen molar-refractivity contribution in [2.75, 3.05) is 20.2 Å². The van der Waals surface area contributed by atoms with Crippen LogP contribution in [0.2, 0.25) is 0 Å². The normalized spacial score (nSPS) is 10.6. The maximum absolute atomic E-state index is 11.1. The molecule has 3 heteroatoms. The molecule has 0 aliphatic heterocycles. The van der Waals surface area contributed by atoms with Crippen LogP contribution in [-0.2, 0) is 0 Å². The van der Waals surface area contributed by atoms with Crippen LogP contribution in [0, 0.1) is 6.92 Å². The van der Waals surface area contributed by atoms with Gasteiger partial charge in [-0.05, 0) is 49.8 Å². The summed E-state index contributed by atoms with van der Waals surface area (Å²) in [5.74, 6) is 0.671. The second-order valence-electron chi connectivity index (χ2n) is 4.66. The van der Waals surface area contributed by atoms with E-state index < -0.39 is 0 Å². The SMILES string of the molecule is CNCCCOc1cc2cc(C)ccc2cc1C=O. The van der Waals surface area contributed by atoms with Gasteiger partial charge in [-0.2, -0.15) is 0 Å². The van der Waals surface area contributed by atoms with Gasteiger partial charge in [-0.1, -0.05) is 23.8 Å². The van der Waals surface area contributed by atoms with Crippen molar-refractivity contribution in [3.8, 4) is 5.75 Å². The van der Waals surface area contributed by atoms with Gasteiger partial charge in [0.05, 0.1) is 12.2 Å². The van der Waals surface area contributed by atoms with Gasteiger partial charge in [-0.25, -0.2) is 0 Å². The molecule has 0 spiro atoms. The third kappa shape index (κ3) is 3.32. The zero-order valence-electron chi connectivity index (χ0n) is 11.4. The Morgan fingerprint density at radius 3 is 2.79 bits per heavy atom. The molecule has 0 bridgehead atoms. The predicted molar refractivity (Wildman–Crippen MR) is 78.1 cm³/mol. The van der Waals surface area contributed by atoms with E-state index in [9.17, 15) is 4.79 Å². The lowest BCUT2D eigenvalue weighted by Gasteiger charge is -2.10. The highest BCUT2D eigenvalue weighted by atomic mass is 16.5. The summed E-state index contributed by atoms with van der Waals surface area (Å²) in [4.78, 5) is 11.1. The first kappa shape index (κ1) is 13.6. The summed E-state index contributed by atoms with van der Waals surface area (Å²) in [6.07, 6.45) is 1.77. The Kier molecular flexibility index (Phi) is 4.53. The first-order chi connectivity index (χ1) is 9.24. The number of hydrogen-bond donors (Lipinski definition) is 1. The van der Waals surface area contributed by atoms with E-state index in [0.29, 0.717) is 17.9 Å². The molecule has 0 saturated carbocycles. The Morgan fingerprint density at radius 2 is 2.05 bits per heavy atom. The highest BCUT2D eigenvalue weighted by Gasteiger charge is 2.06. The molecule has 0 aliphatic carbocycles. The minimum atomic E-state index is 0.610. The summed E-state index contributed by atoms with van der Waals surface area (Å²) in [6, 6.07) is 10.0. The van der Waals surface area contributed by atoms with Gasteiger partial charge < -0.3 is 10.1 Å². The van der Waals surface area contributed by atoms with E-state index in [0.717, 1.165) is 30.0 Å². The van der Waals surface area contributed by atoms with Gasteiger partial charge in [0.25, 0.3) is 0 Å². The Morgan fingerprint density at radius 1 is 1.21 bits per heavy atom. The molecule has 0 unspecified atom stereocenters. The van der Waals surface area contributed by atoms with Crippen molar-refractivity contribution in [3.05, 3.63) is 41.5 Å². The number of carbonyl (C=O) groups excluding carboxylic acids is 1. The number of rotatable bonds is 6. The van der Waals surface area contributed by atoms with Crippen molar-refractivity contribution in [2.24, 2.45) is 0 Å². The van der Waals surface area contributed by atoms with Crippen LogP contribution in [-0.4, -0.2) is 26.5 Å². The van der Waals surface area contributed by atoms with Crippen LogP contribution < -0.4 is 10.1 Å². The van der Waals surface area contributed by atoms with Crippen LogP contribution in [0.5, 0.6) is 5.75 Å². The molecule has 100 valence electrons. The molecule has 0 aromatic heterocycles. The fourth-order valence-corrected chi connectivity index (χ4v) is 2.06. The first-order valence-corrected chi connectivity index (χ1v) is 6.51. The average Bonchev–Trinajstić information content (AvgIpc) is 2.42. The lowest BCUT2D eigenvalue weighted by Crippen LogP contribution is -2.12. The van der Waals surface area contributed by atoms with Crippen molar-refractivity contribution in [2.45, 2.75) is 13.3 Å². The zero-order valence-corrected chi connectivity index (χ0v) is 11.4. The molecule has 0 aliphatic rings. The molecule has 0 fully saturated rings. The molecule has 2 rings (SSSR count). The van der Waals surface area contributed by atoms with Crippen LogP contribution in [0.15, 0.2) is 30.3 Å². The summed E-state index contributed by atoms with van der Waals surface area (Å²) in [5.41, 5.74) is 1.81. The molecule has 3 nitrogen and oxygen atoms in total. The van der Waals surface area contributed by atoms with E-state index >= 15 is 0 Å². The molecule has 0 amide bonds. The quantitative estimate of drug-likeness (QED) is 0.638. The second-order valence-corrected chi connectivity index (χ2v) is 4.66. The van der Waals surface area contributed by atoms with Crippen molar-refractivity contribution in [1.29, 1.82) is 0 Å². The highest BCUT2D eigenvalue weighted by molar-refractivity contribution is 5.92. The molecule has 0 heterocycles. The largest absolute Gasteiger partial charge is 0.493 e. The maximum atomic E-state index is 11.1. The number of nitrogens with one attached hydrogen (secondary N) is 1. The topological polar surface area (TPSA) is 38.3 Å². The monoisotopic (exact) mass is 257 g/mol. The molecule has 2 aromatic carbocycles. The van der Waals surface area contributed by atoms with Gasteiger partial charge in [-0.15, -0.1) is 0 Å². The molecule has 0 saturated heterocycles. The number of aryl methyl sites for hydroxylation is 1. The van der Waals surface area contributed by atoms with Crippen molar-refractivity contribution in [1.82, 2.24) is 5.32 Å². The van der Waals surface area contributed by atoms with E-state index in [4.69, 9.17) is 4.74 Å². The zero-order chi connectivity index (χ0) is 13.7. The minimum Gasteiger partial charge on any atom is -0.493 e. The van der Waals surface area contributed by atoms with Gasteiger partial charge in [0.1, 0.15) is 5.75 Å². The number of hydrogen-bond acceptors (Lipinski definition) is 3. The van der Waals surface area contributed by atoms with Crippen LogP contribution >= 0.6 is 0 Å². The molecular formula is C16H19NO2. The molecule has 19 heavy (non-hydrogen) atoms. The molecule has 2 aromatic rings. The number of benzene rings is 2. The van der Waals surface area contributed by atoms with Gasteiger partial charge in [0, 0.05) is 0 Å². The second kappa shape index (κ2) is 6.34. The van der Waals surface area contributed by atoms with Crippen molar-refractivity contribution >= 4 is 17.1 Å². The highest BCUT2D eigenvalue weighted by Crippen LogP contribution is 2.26. The van der Waals surface area contributed by atoms with Crippen LogP contribution in [0.4, 0.5) is 0 Å². The number of fused-ring (bicyclic) bond motifs is 1. The lowest BCUT2D eigenvalue weighted by atomic mass is 10.0. The van der Waals surface area contributed by atoms with Gasteiger partial charge in [0.15, 0.2) is 6.29 Å².